The summed E-state index contributed by atoms with van der Waals surface area (Å²) < 4.78 is 26.7. The smallest absolute Gasteiger partial charge is 0.233 e. The third-order valence-corrected chi connectivity index (χ3v) is 4.26. The summed E-state index contributed by atoms with van der Waals surface area (Å²) in [7, 11) is 1.66. The fourth-order valence-corrected chi connectivity index (χ4v) is 2.85. The standard InChI is InChI=1S/C18H17F2NO/c1-21(12-13-7-8-15(19)11-16(13)20)17(22)18(9-10-18)14-5-3-2-4-6-14/h2-8,11H,9-10,12H2,1H3. The van der Waals surface area contributed by atoms with Crippen LogP contribution in [0.15, 0.2) is 48.5 Å². The van der Waals surface area contributed by atoms with Gasteiger partial charge in [-0.15, -0.1) is 0 Å². The fraction of sp³-hybridized carbons (Fsp3) is 0.278. The van der Waals surface area contributed by atoms with Crippen LogP contribution in [-0.4, -0.2) is 17.9 Å². The SMILES string of the molecule is CN(Cc1ccc(F)cc1F)C(=O)C1(c2ccccc2)CC1. The molecular formula is C18H17F2NO. The molecule has 0 unspecified atom stereocenters. The Morgan fingerprint density at radius 3 is 2.41 bits per heavy atom. The van der Waals surface area contributed by atoms with Gasteiger partial charge in [-0.2, -0.15) is 0 Å². The minimum atomic E-state index is -0.621. The van der Waals surface area contributed by atoms with Gasteiger partial charge >= 0.3 is 0 Å². The molecule has 1 amide bonds. The largest absolute Gasteiger partial charge is 0.341 e. The number of amides is 1. The second kappa shape index (κ2) is 5.52. The number of carbonyl (C=O) groups is 1. The van der Waals surface area contributed by atoms with E-state index >= 15 is 0 Å². The summed E-state index contributed by atoms with van der Waals surface area (Å²) in [5.41, 5.74) is 0.861. The van der Waals surface area contributed by atoms with Crippen molar-refractivity contribution in [3.05, 3.63) is 71.3 Å². The molecule has 2 aromatic carbocycles. The molecule has 2 aromatic rings. The Hall–Kier alpha value is -2.23. The summed E-state index contributed by atoms with van der Waals surface area (Å²) in [6.45, 7) is 0.138. The molecule has 2 nitrogen and oxygen atoms in total. The maximum Gasteiger partial charge on any atom is 0.233 e. The van der Waals surface area contributed by atoms with Crippen molar-refractivity contribution in [2.75, 3.05) is 7.05 Å². The fourth-order valence-electron chi connectivity index (χ4n) is 2.85. The highest BCUT2D eigenvalue weighted by Gasteiger charge is 2.52. The molecule has 0 N–H and O–H groups in total. The predicted octanol–water partition coefficient (Wildman–Crippen LogP) is 3.66. The van der Waals surface area contributed by atoms with E-state index in [1.807, 2.05) is 30.3 Å². The molecule has 0 saturated heterocycles. The van der Waals surface area contributed by atoms with Crippen molar-refractivity contribution in [2.24, 2.45) is 0 Å². The van der Waals surface area contributed by atoms with Crippen LogP contribution in [0.3, 0.4) is 0 Å². The first-order valence-electron chi connectivity index (χ1n) is 7.28. The zero-order valence-corrected chi connectivity index (χ0v) is 12.4. The zero-order valence-electron chi connectivity index (χ0n) is 12.4. The van der Waals surface area contributed by atoms with Crippen LogP contribution in [0, 0.1) is 11.6 Å². The van der Waals surface area contributed by atoms with E-state index in [-0.39, 0.29) is 12.5 Å². The molecule has 1 aliphatic rings. The summed E-state index contributed by atoms with van der Waals surface area (Å²) in [6.07, 6.45) is 1.62. The Kier molecular flexibility index (Phi) is 3.69. The predicted molar refractivity (Wildman–Crippen MR) is 80.2 cm³/mol. The van der Waals surface area contributed by atoms with Crippen molar-refractivity contribution in [3.63, 3.8) is 0 Å². The van der Waals surface area contributed by atoms with E-state index in [0.717, 1.165) is 24.5 Å². The zero-order chi connectivity index (χ0) is 15.7. The van der Waals surface area contributed by atoms with Crippen LogP contribution in [0.25, 0.3) is 0 Å². The first-order valence-corrected chi connectivity index (χ1v) is 7.28. The van der Waals surface area contributed by atoms with Gasteiger partial charge < -0.3 is 4.90 Å². The molecule has 0 atom stereocenters. The highest BCUT2D eigenvalue weighted by Crippen LogP contribution is 2.49. The van der Waals surface area contributed by atoms with Crippen LogP contribution in [0.1, 0.15) is 24.0 Å². The lowest BCUT2D eigenvalue weighted by Gasteiger charge is -2.24. The number of hydrogen-bond acceptors (Lipinski definition) is 1. The molecular weight excluding hydrogens is 284 g/mol. The normalized spacial score (nSPS) is 15.4. The number of nitrogens with zero attached hydrogens (tertiary/aromatic N) is 1. The van der Waals surface area contributed by atoms with Gasteiger partial charge in [0.2, 0.25) is 5.91 Å². The average molecular weight is 301 g/mol. The van der Waals surface area contributed by atoms with Crippen molar-refractivity contribution >= 4 is 5.91 Å². The molecule has 3 rings (SSSR count). The quantitative estimate of drug-likeness (QED) is 0.844. The number of carbonyl (C=O) groups excluding carboxylic acids is 1. The van der Waals surface area contributed by atoms with Crippen molar-refractivity contribution in [1.29, 1.82) is 0 Å². The van der Waals surface area contributed by atoms with E-state index in [0.29, 0.717) is 5.56 Å². The Balaban J connectivity index is 1.78. The molecule has 114 valence electrons. The molecule has 22 heavy (non-hydrogen) atoms. The number of rotatable bonds is 4. The summed E-state index contributed by atoms with van der Waals surface area (Å²) in [5, 5.41) is 0. The van der Waals surface area contributed by atoms with E-state index in [1.165, 1.54) is 17.0 Å². The molecule has 0 heterocycles. The second-order valence-electron chi connectivity index (χ2n) is 5.85. The van der Waals surface area contributed by atoms with Crippen molar-refractivity contribution in [2.45, 2.75) is 24.8 Å². The first-order chi connectivity index (χ1) is 10.5. The van der Waals surface area contributed by atoms with Gasteiger partial charge in [0.1, 0.15) is 11.6 Å². The van der Waals surface area contributed by atoms with E-state index in [1.54, 1.807) is 7.05 Å². The number of hydrogen-bond donors (Lipinski definition) is 0. The molecule has 0 bridgehead atoms. The molecule has 4 heteroatoms. The van der Waals surface area contributed by atoms with Gasteiger partial charge in [0.25, 0.3) is 0 Å². The van der Waals surface area contributed by atoms with Gasteiger partial charge in [0, 0.05) is 25.2 Å². The van der Waals surface area contributed by atoms with Crippen LogP contribution >= 0.6 is 0 Å². The van der Waals surface area contributed by atoms with Gasteiger partial charge in [0.05, 0.1) is 5.41 Å². The van der Waals surface area contributed by atoms with Gasteiger partial charge in [-0.3, -0.25) is 4.79 Å². The van der Waals surface area contributed by atoms with Gasteiger partial charge in [0.15, 0.2) is 0 Å². The van der Waals surface area contributed by atoms with Crippen molar-refractivity contribution in [1.82, 2.24) is 4.90 Å². The Labute approximate surface area is 128 Å². The van der Waals surface area contributed by atoms with Crippen molar-refractivity contribution in [3.8, 4) is 0 Å². The van der Waals surface area contributed by atoms with E-state index in [2.05, 4.69) is 0 Å². The summed E-state index contributed by atoms with van der Waals surface area (Å²) in [4.78, 5) is 14.3. The maximum absolute atomic E-state index is 13.7. The molecule has 0 radical (unpaired) electrons. The Bertz CT molecular complexity index is 695. The third kappa shape index (κ3) is 2.61. The Morgan fingerprint density at radius 2 is 1.82 bits per heavy atom. The van der Waals surface area contributed by atoms with Crippen molar-refractivity contribution < 1.29 is 13.6 Å². The van der Waals surface area contributed by atoms with E-state index in [4.69, 9.17) is 0 Å². The minimum absolute atomic E-state index is 0.0116. The number of benzene rings is 2. The molecule has 1 aliphatic carbocycles. The maximum atomic E-state index is 13.7. The lowest BCUT2D eigenvalue weighted by molar-refractivity contribution is -0.133. The summed E-state index contributed by atoms with van der Waals surface area (Å²) in [6, 6.07) is 13.1. The van der Waals surface area contributed by atoms with Gasteiger partial charge in [-0.1, -0.05) is 36.4 Å². The average Bonchev–Trinajstić information content (AvgIpc) is 3.32. The third-order valence-electron chi connectivity index (χ3n) is 4.26. The molecule has 1 fully saturated rings. The Morgan fingerprint density at radius 1 is 1.14 bits per heavy atom. The second-order valence-corrected chi connectivity index (χ2v) is 5.85. The van der Waals surface area contributed by atoms with E-state index in [9.17, 15) is 13.6 Å². The molecule has 1 saturated carbocycles. The highest BCUT2D eigenvalue weighted by molar-refractivity contribution is 5.91. The lowest BCUT2D eigenvalue weighted by atomic mass is 9.94. The molecule has 0 aliphatic heterocycles. The summed E-state index contributed by atoms with van der Waals surface area (Å²) >= 11 is 0. The van der Waals surface area contributed by atoms with Gasteiger partial charge in [-0.25, -0.2) is 8.78 Å². The number of likely N-dealkylation sites (N-methyl/N-ethyl adjacent to an activating group) is 1. The topological polar surface area (TPSA) is 20.3 Å². The van der Waals surface area contributed by atoms with E-state index < -0.39 is 17.0 Å². The van der Waals surface area contributed by atoms with Crippen LogP contribution < -0.4 is 0 Å². The molecule has 0 aromatic heterocycles. The first kappa shape index (κ1) is 14.7. The highest BCUT2D eigenvalue weighted by atomic mass is 19.1. The van der Waals surface area contributed by atoms with Gasteiger partial charge in [-0.05, 0) is 24.5 Å². The van der Waals surface area contributed by atoms with Crippen LogP contribution in [0.2, 0.25) is 0 Å². The molecule has 0 spiro atoms. The van der Waals surface area contributed by atoms with Crippen LogP contribution in [0.5, 0.6) is 0 Å². The summed E-state index contributed by atoms with van der Waals surface area (Å²) in [5.74, 6) is -1.25. The van der Waals surface area contributed by atoms with Crippen LogP contribution in [-0.2, 0) is 16.8 Å². The lowest BCUT2D eigenvalue weighted by Crippen LogP contribution is -2.36. The van der Waals surface area contributed by atoms with Crippen LogP contribution in [0.4, 0.5) is 8.78 Å². The number of halogens is 2. The minimum Gasteiger partial charge on any atom is -0.341 e. The monoisotopic (exact) mass is 301 g/mol.